The number of nitrogens with zero attached hydrogens (tertiary/aromatic N) is 3. The first-order valence-corrected chi connectivity index (χ1v) is 8.30. The van der Waals surface area contributed by atoms with E-state index in [9.17, 15) is 13.2 Å². The molecule has 4 nitrogen and oxygen atoms in total. The van der Waals surface area contributed by atoms with Crippen molar-refractivity contribution in [1.29, 1.82) is 5.26 Å². The zero-order valence-electron chi connectivity index (χ0n) is 13.0. The first-order chi connectivity index (χ1) is 12.5. The van der Waals surface area contributed by atoms with Gasteiger partial charge < -0.3 is 0 Å². The molecule has 128 valence electrons. The van der Waals surface area contributed by atoms with Crippen molar-refractivity contribution in [2.75, 3.05) is 0 Å². The van der Waals surface area contributed by atoms with E-state index in [2.05, 4.69) is 15.4 Å². The van der Waals surface area contributed by atoms with Crippen molar-refractivity contribution in [3.05, 3.63) is 59.8 Å². The van der Waals surface area contributed by atoms with Crippen LogP contribution in [-0.4, -0.2) is 15.4 Å². The molecule has 2 aromatic heterocycles. The molecule has 4 rings (SSSR count). The van der Waals surface area contributed by atoms with E-state index in [1.807, 2.05) is 24.3 Å². The molecule has 0 saturated heterocycles. The number of H-pyrrole nitrogens is 1. The first-order valence-electron chi connectivity index (χ1n) is 7.48. The third kappa shape index (κ3) is 2.82. The third-order valence-electron chi connectivity index (χ3n) is 3.92. The Morgan fingerprint density at radius 3 is 2.62 bits per heavy atom. The number of benzene rings is 2. The number of hydrogen-bond donors (Lipinski definition) is 1. The van der Waals surface area contributed by atoms with E-state index in [0.717, 1.165) is 27.3 Å². The molecule has 0 saturated carbocycles. The Balaban J connectivity index is 1.79. The molecule has 0 radical (unpaired) electrons. The molecule has 0 atom stereocenters. The van der Waals surface area contributed by atoms with Crippen LogP contribution in [0.3, 0.4) is 0 Å². The molecule has 0 unspecified atom stereocenters. The molecule has 0 aliphatic heterocycles. The Bertz CT molecular complexity index is 1150. The van der Waals surface area contributed by atoms with Gasteiger partial charge in [0.1, 0.15) is 11.8 Å². The monoisotopic (exact) mass is 370 g/mol. The number of thiophene rings is 1. The van der Waals surface area contributed by atoms with Gasteiger partial charge >= 0.3 is 6.18 Å². The number of hydrogen-bond acceptors (Lipinski definition) is 4. The molecule has 0 aliphatic rings. The quantitative estimate of drug-likeness (QED) is 0.524. The summed E-state index contributed by atoms with van der Waals surface area (Å²) < 4.78 is 39.4. The Hall–Kier alpha value is -3.18. The molecule has 0 aliphatic carbocycles. The van der Waals surface area contributed by atoms with Gasteiger partial charge in [-0.3, -0.25) is 0 Å². The summed E-state index contributed by atoms with van der Waals surface area (Å²) in [7, 11) is 0. The molecule has 0 fully saturated rings. The van der Waals surface area contributed by atoms with Crippen molar-refractivity contribution in [3.63, 3.8) is 0 Å². The lowest BCUT2D eigenvalue weighted by molar-refractivity contribution is -0.137. The summed E-state index contributed by atoms with van der Waals surface area (Å²) in [6.45, 7) is 0. The van der Waals surface area contributed by atoms with Gasteiger partial charge in [0.25, 0.3) is 0 Å². The maximum absolute atomic E-state index is 12.9. The zero-order chi connectivity index (χ0) is 18.3. The second-order valence-electron chi connectivity index (χ2n) is 5.59. The first kappa shape index (κ1) is 16.3. The van der Waals surface area contributed by atoms with Gasteiger partial charge in [-0.05, 0) is 41.3 Å². The molecule has 0 spiro atoms. The van der Waals surface area contributed by atoms with Gasteiger partial charge in [-0.15, -0.1) is 16.4 Å². The van der Waals surface area contributed by atoms with E-state index in [1.165, 1.54) is 17.4 Å². The number of nitrogens with one attached hydrogen (secondary N) is 1. The van der Waals surface area contributed by atoms with Crippen LogP contribution >= 0.6 is 11.3 Å². The Morgan fingerprint density at radius 1 is 1.04 bits per heavy atom. The number of halogens is 3. The SMILES string of the molecule is N#Cc1[nH]nnc1-c1cccc(-c2cc3cc(C(F)(F)F)ccc3s2)c1. The average Bonchev–Trinajstić information content (AvgIpc) is 3.27. The Kier molecular flexibility index (Phi) is 3.74. The van der Waals surface area contributed by atoms with Crippen molar-refractivity contribution in [3.8, 4) is 27.8 Å². The summed E-state index contributed by atoms with van der Waals surface area (Å²) >= 11 is 1.41. The summed E-state index contributed by atoms with van der Waals surface area (Å²) in [5, 5.41) is 19.7. The normalized spacial score (nSPS) is 11.6. The highest BCUT2D eigenvalue weighted by Crippen LogP contribution is 2.38. The number of nitriles is 1. The van der Waals surface area contributed by atoms with Crippen LogP contribution in [0.1, 0.15) is 11.3 Å². The second-order valence-corrected chi connectivity index (χ2v) is 6.67. The standard InChI is InChI=1S/C18H9F3N4S/c19-18(20,21)13-4-5-15-12(7-13)8-16(26-15)10-2-1-3-11(6-10)17-14(9-22)23-25-24-17/h1-8H,(H,23,24,25). The van der Waals surface area contributed by atoms with Crippen LogP contribution in [0.2, 0.25) is 0 Å². The molecular formula is C18H9F3N4S. The average molecular weight is 370 g/mol. The summed E-state index contributed by atoms with van der Waals surface area (Å²) in [4.78, 5) is 0.836. The lowest BCUT2D eigenvalue weighted by Crippen LogP contribution is -2.03. The van der Waals surface area contributed by atoms with Gasteiger partial charge in [0.2, 0.25) is 0 Å². The van der Waals surface area contributed by atoms with E-state index in [-0.39, 0.29) is 5.69 Å². The van der Waals surface area contributed by atoms with Crippen molar-refractivity contribution in [2.24, 2.45) is 0 Å². The van der Waals surface area contributed by atoms with E-state index >= 15 is 0 Å². The van der Waals surface area contributed by atoms with Crippen molar-refractivity contribution in [2.45, 2.75) is 6.18 Å². The van der Waals surface area contributed by atoms with Crippen LogP contribution in [-0.2, 0) is 6.18 Å². The second kappa shape index (κ2) is 5.97. The Labute approximate surface area is 149 Å². The summed E-state index contributed by atoms with van der Waals surface area (Å²) in [6, 6.07) is 14.8. The van der Waals surface area contributed by atoms with E-state index in [4.69, 9.17) is 5.26 Å². The van der Waals surface area contributed by atoms with Gasteiger partial charge in [-0.25, -0.2) is 5.10 Å². The van der Waals surface area contributed by atoms with Crippen LogP contribution in [0.25, 0.3) is 31.8 Å². The summed E-state index contributed by atoms with van der Waals surface area (Å²) in [5.41, 5.74) is 1.58. The molecule has 8 heteroatoms. The highest BCUT2D eigenvalue weighted by atomic mass is 32.1. The number of aromatic nitrogens is 3. The molecule has 0 bridgehead atoms. The largest absolute Gasteiger partial charge is 0.416 e. The molecule has 26 heavy (non-hydrogen) atoms. The fourth-order valence-corrected chi connectivity index (χ4v) is 3.73. The van der Waals surface area contributed by atoms with E-state index in [1.54, 1.807) is 12.1 Å². The van der Waals surface area contributed by atoms with Crippen LogP contribution < -0.4 is 0 Å². The topological polar surface area (TPSA) is 65.4 Å². The van der Waals surface area contributed by atoms with Gasteiger partial charge in [-0.1, -0.05) is 23.4 Å². The highest BCUT2D eigenvalue weighted by molar-refractivity contribution is 7.22. The minimum Gasteiger partial charge on any atom is -0.247 e. The van der Waals surface area contributed by atoms with Crippen molar-refractivity contribution < 1.29 is 13.2 Å². The Morgan fingerprint density at radius 2 is 1.85 bits per heavy atom. The summed E-state index contributed by atoms with van der Waals surface area (Å²) in [6.07, 6.45) is -4.36. The van der Waals surface area contributed by atoms with Gasteiger partial charge in [0.15, 0.2) is 5.69 Å². The number of fused-ring (bicyclic) bond motifs is 1. The lowest BCUT2D eigenvalue weighted by Gasteiger charge is -2.05. The molecule has 2 aromatic carbocycles. The van der Waals surface area contributed by atoms with Gasteiger partial charge in [0.05, 0.1) is 5.56 Å². The molecular weight excluding hydrogens is 361 g/mol. The van der Waals surface area contributed by atoms with Crippen molar-refractivity contribution in [1.82, 2.24) is 15.4 Å². The van der Waals surface area contributed by atoms with Crippen LogP contribution in [0.5, 0.6) is 0 Å². The third-order valence-corrected chi connectivity index (χ3v) is 5.09. The molecule has 4 aromatic rings. The molecule has 0 amide bonds. The maximum atomic E-state index is 12.9. The van der Waals surface area contributed by atoms with Gasteiger partial charge in [-0.2, -0.15) is 18.4 Å². The molecule has 2 heterocycles. The number of rotatable bonds is 2. The predicted octanol–water partition coefficient (Wildman–Crippen LogP) is 5.24. The lowest BCUT2D eigenvalue weighted by atomic mass is 10.1. The zero-order valence-corrected chi connectivity index (χ0v) is 13.8. The molecule has 1 N–H and O–H groups in total. The minimum atomic E-state index is -4.36. The van der Waals surface area contributed by atoms with E-state index < -0.39 is 11.7 Å². The summed E-state index contributed by atoms with van der Waals surface area (Å²) in [5.74, 6) is 0. The number of alkyl halides is 3. The highest BCUT2D eigenvalue weighted by Gasteiger charge is 2.30. The minimum absolute atomic E-state index is 0.258. The van der Waals surface area contributed by atoms with E-state index in [0.29, 0.717) is 16.6 Å². The fourth-order valence-electron chi connectivity index (χ4n) is 2.69. The fraction of sp³-hybridized carbons (Fsp3) is 0.0556. The van der Waals surface area contributed by atoms with Crippen LogP contribution in [0, 0.1) is 11.3 Å². The van der Waals surface area contributed by atoms with Crippen LogP contribution in [0.4, 0.5) is 13.2 Å². The van der Waals surface area contributed by atoms with Crippen LogP contribution in [0.15, 0.2) is 48.5 Å². The maximum Gasteiger partial charge on any atom is 0.416 e. The predicted molar refractivity (Wildman–Crippen MR) is 92.4 cm³/mol. The van der Waals surface area contributed by atoms with Crippen molar-refractivity contribution >= 4 is 21.4 Å². The smallest absolute Gasteiger partial charge is 0.247 e. The van der Waals surface area contributed by atoms with Gasteiger partial charge in [0, 0.05) is 15.1 Å². The number of aromatic amines is 1.